The number of hydrogen-bond donors (Lipinski definition) is 1. The van der Waals surface area contributed by atoms with Gasteiger partial charge >= 0.3 is 0 Å². The summed E-state index contributed by atoms with van der Waals surface area (Å²) < 4.78 is 16.5. The molecule has 1 unspecified atom stereocenters. The minimum absolute atomic E-state index is 0.0502. The van der Waals surface area contributed by atoms with E-state index in [0.29, 0.717) is 19.3 Å². The first kappa shape index (κ1) is 12.8. The summed E-state index contributed by atoms with van der Waals surface area (Å²) in [4.78, 5) is 0. The molecular weight excluding hydrogens is 242 g/mol. The van der Waals surface area contributed by atoms with Crippen molar-refractivity contribution in [2.45, 2.75) is 25.7 Å². The first-order valence-corrected chi connectivity index (χ1v) is 6.90. The van der Waals surface area contributed by atoms with Crippen molar-refractivity contribution in [2.75, 3.05) is 26.6 Å². The topological polar surface area (TPSA) is 53.7 Å². The second kappa shape index (κ2) is 4.69. The van der Waals surface area contributed by atoms with Crippen molar-refractivity contribution in [2.24, 2.45) is 11.7 Å². The van der Waals surface area contributed by atoms with Crippen LogP contribution in [0.3, 0.4) is 0 Å². The van der Waals surface area contributed by atoms with Crippen LogP contribution in [0.25, 0.3) is 0 Å². The Morgan fingerprint density at radius 1 is 1.26 bits per heavy atom. The molecule has 2 aliphatic rings. The zero-order chi connectivity index (χ0) is 13.5. The van der Waals surface area contributed by atoms with Crippen LogP contribution in [0.15, 0.2) is 12.1 Å². The molecule has 0 amide bonds. The normalized spacial score (nSPS) is 21.0. The number of hydrogen-bond acceptors (Lipinski definition) is 4. The van der Waals surface area contributed by atoms with E-state index in [4.69, 9.17) is 19.9 Å². The van der Waals surface area contributed by atoms with Gasteiger partial charge in [0.1, 0.15) is 0 Å². The van der Waals surface area contributed by atoms with Crippen LogP contribution < -0.4 is 15.2 Å². The van der Waals surface area contributed by atoms with Crippen molar-refractivity contribution in [1.82, 2.24) is 0 Å². The third-order valence-electron chi connectivity index (χ3n) is 4.53. The Bertz CT molecular complexity index is 479. The molecule has 104 valence electrons. The molecule has 1 saturated heterocycles. The van der Waals surface area contributed by atoms with Crippen LogP contribution in [-0.2, 0) is 10.2 Å². The van der Waals surface area contributed by atoms with Gasteiger partial charge in [0.15, 0.2) is 11.5 Å². The first-order chi connectivity index (χ1) is 9.21. The molecule has 0 aromatic heterocycles. The van der Waals surface area contributed by atoms with Crippen LogP contribution >= 0.6 is 0 Å². The highest BCUT2D eigenvalue weighted by molar-refractivity contribution is 5.51. The summed E-state index contributed by atoms with van der Waals surface area (Å²) in [6.07, 6.45) is 1.06. The fourth-order valence-electron chi connectivity index (χ4n) is 3.30. The van der Waals surface area contributed by atoms with Gasteiger partial charge in [-0.1, -0.05) is 13.3 Å². The number of ether oxygens (including phenoxy) is 3. The molecule has 0 radical (unpaired) electrons. The molecule has 0 saturated carbocycles. The predicted molar refractivity (Wildman–Crippen MR) is 72.6 cm³/mol. The second-order valence-electron chi connectivity index (χ2n) is 5.51. The molecule has 0 bridgehead atoms. The first-order valence-electron chi connectivity index (χ1n) is 6.90. The summed E-state index contributed by atoms with van der Waals surface area (Å²) in [6, 6.07) is 4.19. The molecule has 19 heavy (non-hydrogen) atoms. The number of fused-ring (bicyclic) bond motifs is 1. The lowest BCUT2D eigenvalue weighted by Gasteiger charge is -2.48. The van der Waals surface area contributed by atoms with Crippen LogP contribution in [0, 0.1) is 12.8 Å². The monoisotopic (exact) mass is 263 g/mol. The molecule has 1 atom stereocenters. The zero-order valence-corrected chi connectivity index (χ0v) is 11.6. The number of rotatable bonds is 4. The Balaban J connectivity index is 2.04. The Morgan fingerprint density at radius 2 is 1.95 bits per heavy atom. The van der Waals surface area contributed by atoms with Crippen molar-refractivity contribution < 1.29 is 14.2 Å². The minimum Gasteiger partial charge on any atom is -0.454 e. The fraction of sp³-hybridized carbons (Fsp3) is 0.600. The number of nitrogens with two attached hydrogens (primary N) is 1. The predicted octanol–water partition coefficient (Wildman–Crippen LogP) is 1.98. The molecule has 0 aliphatic carbocycles. The van der Waals surface area contributed by atoms with Gasteiger partial charge in [0.05, 0.1) is 13.2 Å². The van der Waals surface area contributed by atoms with Crippen LogP contribution in [-0.4, -0.2) is 26.6 Å². The van der Waals surface area contributed by atoms with Gasteiger partial charge in [0.2, 0.25) is 6.79 Å². The molecule has 2 heterocycles. The smallest absolute Gasteiger partial charge is 0.231 e. The highest BCUT2D eigenvalue weighted by Gasteiger charge is 2.47. The van der Waals surface area contributed by atoms with Crippen LogP contribution in [0.4, 0.5) is 0 Å². The SMILES string of the molecule is CCC(CN)C1(c2cc3c(cc2C)OCO3)COC1. The van der Waals surface area contributed by atoms with Crippen LogP contribution in [0.2, 0.25) is 0 Å². The lowest BCUT2D eigenvalue weighted by atomic mass is 9.66. The van der Waals surface area contributed by atoms with Gasteiger partial charge in [-0.25, -0.2) is 0 Å². The quantitative estimate of drug-likeness (QED) is 0.902. The van der Waals surface area contributed by atoms with Crippen LogP contribution in [0.1, 0.15) is 24.5 Å². The van der Waals surface area contributed by atoms with E-state index < -0.39 is 0 Å². The summed E-state index contributed by atoms with van der Waals surface area (Å²) in [5, 5.41) is 0. The Hall–Kier alpha value is -1.26. The number of benzene rings is 1. The van der Waals surface area contributed by atoms with E-state index in [1.165, 1.54) is 11.1 Å². The van der Waals surface area contributed by atoms with Gasteiger partial charge in [0, 0.05) is 5.41 Å². The van der Waals surface area contributed by atoms with Gasteiger partial charge in [0.25, 0.3) is 0 Å². The molecule has 1 fully saturated rings. The maximum atomic E-state index is 5.97. The molecule has 4 heteroatoms. The third kappa shape index (κ3) is 1.82. The number of aryl methyl sites for hydroxylation is 1. The van der Waals surface area contributed by atoms with Crippen molar-refractivity contribution in [3.8, 4) is 11.5 Å². The Labute approximate surface area is 113 Å². The Morgan fingerprint density at radius 3 is 2.47 bits per heavy atom. The summed E-state index contributed by atoms with van der Waals surface area (Å²) in [5.41, 5.74) is 8.56. The molecular formula is C15H21NO3. The highest BCUT2D eigenvalue weighted by Crippen LogP contribution is 2.46. The van der Waals surface area contributed by atoms with E-state index in [9.17, 15) is 0 Å². The van der Waals surface area contributed by atoms with Crippen molar-refractivity contribution in [3.05, 3.63) is 23.3 Å². The molecule has 3 rings (SSSR count). The van der Waals surface area contributed by atoms with Crippen molar-refractivity contribution in [3.63, 3.8) is 0 Å². The average Bonchev–Trinajstić information content (AvgIpc) is 2.80. The molecule has 4 nitrogen and oxygen atoms in total. The van der Waals surface area contributed by atoms with Gasteiger partial charge in [-0.05, 0) is 42.6 Å². The summed E-state index contributed by atoms with van der Waals surface area (Å²) >= 11 is 0. The zero-order valence-electron chi connectivity index (χ0n) is 11.6. The third-order valence-corrected chi connectivity index (χ3v) is 4.53. The van der Waals surface area contributed by atoms with Gasteiger partial charge in [-0.2, -0.15) is 0 Å². The standard InChI is InChI=1S/C15H21NO3/c1-3-11(6-16)15(7-17-8-15)12-5-14-13(4-10(12)2)18-9-19-14/h4-5,11H,3,6-9,16H2,1-2H3. The summed E-state index contributed by atoms with van der Waals surface area (Å²) in [7, 11) is 0. The second-order valence-corrected chi connectivity index (χ2v) is 5.51. The highest BCUT2D eigenvalue weighted by atomic mass is 16.7. The van der Waals surface area contributed by atoms with Gasteiger partial charge in [-0.15, -0.1) is 0 Å². The van der Waals surface area contributed by atoms with E-state index in [-0.39, 0.29) is 5.41 Å². The molecule has 2 N–H and O–H groups in total. The van der Waals surface area contributed by atoms with Gasteiger partial charge in [-0.3, -0.25) is 0 Å². The summed E-state index contributed by atoms with van der Waals surface area (Å²) in [6.45, 7) is 6.83. The van der Waals surface area contributed by atoms with Crippen LogP contribution in [0.5, 0.6) is 11.5 Å². The van der Waals surface area contributed by atoms with E-state index in [1.807, 2.05) is 0 Å². The maximum Gasteiger partial charge on any atom is 0.231 e. The Kier molecular flexibility index (Phi) is 3.15. The van der Waals surface area contributed by atoms with Crippen molar-refractivity contribution >= 4 is 0 Å². The van der Waals surface area contributed by atoms with E-state index >= 15 is 0 Å². The lowest BCUT2D eigenvalue weighted by molar-refractivity contribution is -0.0901. The lowest BCUT2D eigenvalue weighted by Crippen LogP contribution is -2.54. The molecule has 2 aliphatic heterocycles. The van der Waals surface area contributed by atoms with Crippen molar-refractivity contribution in [1.29, 1.82) is 0 Å². The van der Waals surface area contributed by atoms with E-state index in [2.05, 4.69) is 26.0 Å². The summed E-state index contributed by atoms with van der Waals surface area (Å²) in [5.74, 6) is 2.14. The molecule has 1 aromatic rings. The van der Waals surface area contributed by atoms with E-state index in [1.54, 1.807) is 0 Å². The molecule has 0 spiro atoms. The largest absolute Gasteiger partial charge is 0.454 e. The average molecular weight is 263 g/mol. The maximum absolute atomic E-state index is 5.97. The molecule has 1 aromatic carbocycles. The minimum atomic E-state index is 0.0502. The van der Waals surface area contributed by atoms with Gasteiger partial charge < -0.3 is 19.9 Å². The van der Waals surface area contributed by atoms with E-state index in [0.717, 1.165) is 31.1 Å². The fourth-order valence-corrected chi connectivity index (χ4v) is 3.30.